The number of ketones is 1. The number of rotatable bonds is 8. The fraction of sp³-hybridized carbons (Fsp3) is 0.286. The minimum atomic E-state index is -3.76. The zero-order valence-electron chi connectivity index (χ0n) is 16.5. The largest absolute Gasteiger partial charge is 0.454 e. The third-order valence-corrected chi connectivity index (χ3v) is 5.70. The standard InChI is InChI=1S/C21H22N2O5S/c1-14-11-15(2)20(16(3)12-14)19(24)13-28-21(25)17-5-7-18(8-6-17)29(26,27)23-10-4-9-22/h5-8,11-12,23H,4,10,13H2,1-3H3. The average molecular weight is 414 g/mol. The van der Waals surface area contributed by atoms with E-state index in [1.807, 2.05) is 39.0 Å². The van der Waals surface area contributed by atoms with E-state index >= 15 is 0 Å². The number of nitrogens with one attached hydrogen (secondary N) is 1. The maximum absolute atomic E-state index is 12.5. The molecule has 0 aromatic heterocycles. The van der Waals surface area contributed by atoms with E-state index in [-0.39, 0.29) is 29.2 Å². The van der Waals surface area contributed by atoms with Gasteiger partial charge in [0.25, 0.3) is 0 Å². The summed E-state index contributed by atoms with van der Waals surface area (Å²) in [5.41, 5.74) is 3.36. The lowest BCUT2D eigenvalue weighted by atomic mass is 9.97. The number of Topliss-reactive ketones (excluding diaryl/α,β-unsaturated/α-hetero) is 1. The van der Waals surface area contributed by atoms with Crippen LogP contribution >= 0.6 is 0 Å². The SMILES string of the molecule is Cc1cc(C)c(C(=O)COC(=O)c2ccc(S(=O)(=O)NCCC#N)cc2)c(C)c1. The quantitative estimate of drug-likeness (QED) is 0.404. The van der Waals surface area contributed by atoms with Gasteiger partial charge >= 0.3 is 5.97 Å². The molecule has 0 saturated carbocycles. The summed E-state index contributed by atoms with van der Waals surface area (Å²) in [5.74, 6) is -1.02. The Morgan fingerprint density at radius 2 is 1.66 bits per heavy atom. The van der Waals surface area contributed by atoms with E-state index in [0.29, 0.717) is 5.56 Å². The molecule has 2 aromatic rings. The third-order valence-electron chi connectivity index (χ3n) is 4.22. The average Bonchev–Trinajstić information content (AvgIpc) is 2.65. The smallest absolute Gasteiger partial charge is 0.338 e. The maximum Gasteiger partial charge on any atom is 0.338 e. The van der Waals surface area contributed by atoms with Crippen LogP contribution in [-0.2, 0) is 14.8 Å². The molecule has 0 bridgehead atoms. The Kier molecular flexibility index (Phi) is 7.26. The number of nitriles is 1. The lowest BCUT2D eigenvalue weighted by Gasteiger charge is -2.11. The number of esters is 1. The molecule has 7 nitrogen and oxygen atoms in total. The van der Waals surface area contributed by atoms with Crippen molar-refractivity contribution in [2.45, 2.75) is 32.1 Å². The number of sulfonamides is 1. The first-order valence-corrected chi connectivity index (χ1v) is 10.4. The molecule has 0 aliphatic carbocycles. The Morgan fingerprint density at radius 1 is 1.07 bits per heavy atom. The monoisotopic (exact) mass is 414 g/mol. The number of nitrogens with zero attached hydrogens (tertiary/aromatic N) is 1. The summed E-state index contributed by atoms with van der Waals surface area (Å²) in [6, 6.07) is 10.8. The van der Waals surface area contributed by atoms with Crippen molar-refractivity contribution in [1.29, 1.82) is 5.26 Å². The van der Waals surface area contributed by atoms with Crippen molar-refractivity contribution in [3.8, 4) is 6.07 Å². The second kappa shape index (κ2) is 9.45. The van der Waals surface area contributed by atoms with Gasteiger partial charge in [-0.05, 0) is 56.2 Å². The molecule has 0 amide bonds. The minimum absolute atomic E-state index is 0.00256. The second-order valence-corrected chi connectivity index (χ2v) is 8.37. The van der Waals surface area contributed by atoms with Gasteiger partial charge in [0.2, 0.25) is 15.8 Å². The third kappa shape index (κ3) is 5.73. The highest BCUT2D eigenvalue weighted by Crippen LogP contribution is 2.17. The van der Waals surface area contributed by atoms with Crippen LogP contribution in [0.5, 0.6) is 0 Å². The number of carbonyl (C=O) groups excluding carboxylic acids is 2. The zero-order chi connectivity index (χ0) is 21.6. The lowest BCUT2D eigenvalue weighted by Crippen LogP contribution is -2.24. The summed E-state index contributed by atoms with van der Waals surface area (Å²) in [4.78, 5) is 24.6. The highest BCUT2D eigenvalue weighted by Gasteiger charge is 2.18. The Bertz CT molecular complexity index is 1040. The molecule has 0 saturated heterocycles. The molecule has 29 heavy (non-hydrogen) atoms. The highest BCUT2D eigenvalue weighted by molar-refractivity contribution is 7.89. The van der Waals surface area contributed by atoms with Crippen LogP contribution in [0.1, 0.15) is 43.8 Å². The first-order valence-electron chi connectivity index (χ1n) is 8.90. The molecule has 0 unspecified atom stereocenters. The van der Waals surface area contributed by atoms with E-state index in [2.05, 4.69) is 4.72 Å². The van der Waals surface area contributed by atoms with Crippen LogP contribution in [0.15, 0.2) is 41.3 Å². The number of ether oxygens (including phenoxy) is 1. The molecular weight excluding hydrogens is 392 g/mol. The van der Waals surface area contributed by atoms with Crippen LogP contribution in [0, 0.1) is 32.1 Å². The van der Waals surface area contributed by atoms with Crippen molar-refractivity contribution in [1.82, 2.24) is 4.72 Å². The normalized spacial score (nSPS) is 11.0. The molecule has 0 aliphatic rings. The van der Waals surface area contributed by atoms with E-state index < -0.39 is 22.6 Å². The summed E-state index contributed by atoms with van der Waals surface area (Å²) < 4.78 is 31.5. The van der Waals surface area contributed by atoms with Gasteiger partial charge in [-0.25, -0.2) is 17.9 Å². The molecule has 0 heterocycles. The molecule has 2 aromatic carbocycles. The first-order chi connectivity index (χ1) is 13.7. The molecule has 152 valence electrons. The fourth-order valence-electron chi connectivity index (χ4n) is 3.00. The Hall–Kier alpha value is -3.02. The van der Waals surface area contributed by atoms with Gasteiger partial charge in [0, 0.05) is 18.5 Å². The van der Waals surface area contributed by atoms with E-state index in [1.54, 1.807) is 0 Å². The van der Waals surface area contributed by atoms with Gasteiger partial charge in [0.15, 0.2) is 6.61 Å². The zero-order valence-corrected chi connectivity index (χ0v) is 17.3. The second-order valence-electron chi connectivity index (χ2n) is 6.60. The van der Waals surface area contributed by atoms with Crippen LogP contribution in [0.25, 0.3) is 0 Å². The Balaban J connectivity index is 2.03. The van der Waals surface area contributed by atoms with E-state index in [1.165, 1.54) is 24.3 Å². The predicted octanol–water partition coefficient (Wildman–Crippen LogP) is 2.84. The first kappa shape index (κ1) is 22.3. The van der Waals surface area contributed by atoms with E-state index in [0.717, 1.165) is 16.7 Å². The highest BCUT2D eigenvalue weighted by atomic mass is 32.2. The van der Waals surface area contributed by atoms with E-state index in [9.17, 15) is 18.0 Å². The molecule has 0 aliphatic heterocycles. The summed E-state index contributed by atoms with van der Waals surface area (Å²) in [6.45, 7) is 5.21. The number of aryl methyl sites for hydroxylation is 3. The Labute approximate surface area is 170 Å². The summed E-state index contributed by atoms with van der Waals surface area (Å²) in [7, 11) is -3.76. The summed E-state index contributed by atoms with van der Waals surface area (Å²) in [5, 5.41) is 8.48. The van der Waals surface area contributed by atoms with Crippen molar-refractivity contribution in [3.63, 3.8) is 0 Å². The number of hydrogen-bond acceptors (Lipinski definition) is 6. The maximum atomic E-state index is 12.5. The van der Waals surface area contributed by atoms with Gasteiger partial charge in [-0.15, -0.1) is 0 Å². The predicted molar refractivity (Wildman–Crippen MR) is 107 cm³/mol. The topological polar surface area (TPSA) is 113 Å². The van der Waals surface area contributed by atoms with Gasteiger partial charge in [0.05, 0.1) is 16.5 Å². The molecule has 0 spiro atoms. The van der Waals surface area contributed by atoms with Gasteiger partial charge in [-0.1, -0.05) is 17.7 Å². The van der Waals surface area contributed by atoms with Gasteiger partial charge < -0.3 is 4.74 Å². The number of carbonyl (C=O) groups is 2. The van der Waals surface area contributed by atoms with Gasteiger partial charge in [-0.3, -0.25) is 4.79 Å². The minimum Gasteiger partial charge on any atom is -0.454 e. The Morgan fingerprint density at radius 3 is 2.21 bits per heavy atom. The van der Waals surface area contributed by atoms with Crippen LogP contribution in [0.2, 0.25) is 0 Å². The fourth-order valence-corrected chi connectivity index (χ4v) is 4.03. The lowest BCUT2D eigenvalue weighted by molar-refractivity contribution is 0.0474. The summed E-state index contributed by atoms with van der Waals surface area (Å²) in [6.07, 6.45) is 0.0532. The number of hydrogen-bond donors (Lipinski definition) is 1. The molecule has 0 atom stereocenters. The number of benzene rings is 2. The molecular formula is C21H22N2O5S. The van der Waals surface area contributed by atoms with Crippen molar-refractivity contribution in [2.75, 3.05) is 13.2 Å². The molecule has 2 rings (SSSR count). The van der Waals surface area contributed by atoms with Crippen molar-refractivity contribution in [2.24, 2.45) is 0 Å². The van der Waals surface area contributed by atoms with E-state index in [4.69, 9.17) is 10.00 Å². The van der Waals surface area contributed by atoms with Gasteiger partial charge in [0.1, 0.15) is 0 Å². The van der Waals surface area contributed by atoms with Crippen molar-refractivity contribution >= 4 is 21.8 Å². The van der Waals surface area contributed by atoms with Gasteiger partial charge in [-0.2, -0.15) is 5.26 Å². The van der Waals surface area contributed by atoms with Crippen LogP contribution in [-0.4, -0.2) is 33.3 Å². The van der Waals surface area contributed by atoms with Crippen molar-refractivity contribution in [3.05, 3.63) is 64.2 Å². The molecule has 8 heteroatoms. The van der Waals surface area contributed by atoms with Crippen LogP contribution in [0.4, 0.5) is 0 Å². The molecule has 1 N–H and O–H groups in total. The summed E-state index contributed by atoms with van der Waals surface area (Å²) >= 11 is 0. The van der Waals surface area contributed by atoms with Crippen LogP contribution in [0.3, 0.4) is 0 Å². The molecule has 0 fully saturated rings. The van der Waals surface area contributed by atoms with Crippen LogP contribution < -0.4 is 4.72 Å². The molecule has 0 radical (unpaired) electrons. The van der Waals surface area contributed by atoms with Crippen molar-refractivity contribution < 1.29 is 22.7 Å².